The molecular formula is C20H22FN5O4S. The highest BCUT2D eigenvalue weighted by Gasteiger charge is 2.39. The normalized spacial score (nSPS) is 18.5. The Hall–Kier alpha value is -2.97. The Morgan fingerprint density at radius 2 is 2.06 bits per heavy atom. The standard InChI is InChI=1S/C20H22FN5O4S/c1-13(2)31(28,29)24-5-6-25-16(10-24)11-26-19(25)8-18(23-20(26)27)30-12-14-3-4-17(21)15(7-14)9-22/h3-4,7-8,13,16H,5-6,10-12H2,1-2H3. The molecule has 1 aromatic carbocycles. The van der Waals surface area contributed by atoms with E-state index in [4.69, 9.17) is 10.00 Å². The number of nitriles is 1. The molecule has 4 rings (SSSR count). The second-order valence-corrected chi connectivity index (χ2v) is 10.3. The molecule has 0 amide bonds. The summed E-state index contributed by atoms with van der Waals surface area (Å²) in [6.45, 7) is 4.81. The van der Waals surface area contributed by atoms with Crippen LogP contribution in [0.4, 0.5) is 10.2 Å². The van der Waals surface area contributed by atoms with E-state index in [1.165, 1.54) is 27.1 Å². The van der Waals surface area contributed by atoms with Crippen molar-refractivity contribution in [1.82, 2.24) is 13.9 Å². The van der Waals surface area contributed by atoms with Crippen LogP contribution in [0.15, 0.2) is 29.1 Å². The Morgan fingerprint density at radius 3 is 2.77 bits per heavy atom. The number of aromatic nitrogens is 2. The van der Waals surface area contributed by atoms with Crippen molar-refractivity contribution in [2.24, 2.45) is 0 Å². The van der Waals surface area contributed by atoms with Crippen molar-refractivity contribution in [2.45, 2.75) is 38.3 Å². The third-order valence-corrected chi connectivity index (χ3v) is 7.84. The smallest absolute Gasteiger partial charge is 0.352 e. The van der Waals surface area contributed by atoms with E-state index < -0.39 is 26.8 Å². The van der Waals surface area contributed by atoms with Crippen LogP contribution < -0.4 is 15.3 Å². The molecule has 1 unspecified atom stereocenters. The Balaban J connectivity index is 1.52. The monoisotopic (exact) mass is 447 g/mol. The van der Waals surface area contributed by atoms with Gasteiger partial charge in [-0.25, -0.2) is 17.6 Å². The number of nitrogens with zero attached hydrogens (tertiary/aromatic N) is 5. The third-order valence-electron chi connectivity index (χ3n) is 5.59. The van der Waals surface area contributed by atoms with E-state index in [1.807, 2.05) is 4.90 Å². The van der Waals surface area contributed by atoms with Crippen molar-refractivity contribution in [3.05, 3.63) is 51.7 Å². The predicted molar refractivity (Wildman–Crippen MR) is 111 cm³/mol. The van der Waals surface area contributed by atoms with Crippen LogP contribution in [0.1, 0.15) is 25.0 Å². The van der Waals surface area contributed by atoms with Gasteiger partial charge in [0.15, 0.2) is 0 Å². The number of sulfonamides is 1. The highest BCUT2D eigenvalue weighted by Crippen LogP contribution is 2.30. The van der Waals surface area contributed by atoms with Gasteiger partial charge in [-0.3, -0.25) is 4.57 Å². The number of rotatable bonds is 5. The minimum absolute atomic E-state index is 0.0225. The first-order chi connectivity index (χ1) is 14.7. The van der Waals surface area contributed by atoms with Gasteiger partial charge in [0, 0.05) is 25.7 Å². The van der Waals surface area contributed by atoms with Crippen LogP contribution >= 0.6 is 0 Å². The second-order valence-electron chi connectivity index (χ2n) is 7.86. The molecule has 2 aliphatic heterocycles. The summed E-state index contributed by atoms with van der Waals surface area (Å²) >= 11 is 0. The molecule has 9 nitrogen and oxygen atoms in total. The van der Waals surface area contributed by atoms with Crippen molar-refractivity contribution in [3.63, 3.8) is 0 Å². The van der Waals surface area contributed by atoms with Gasteiger partial charge in [-0.2, -0.15) is 14.6 Å². The lowest BCUT2D eigenvalue weighted by Gasteiger charge is -2.38. The van der Waals surface area contributed by atoms with Crippen molar-refractivity contribution in [2.75, 3.05) is 24.5 Å². The van der Waals surface area contributed by atoms with Gasteiger partial charge in [-0.05, 0) is 31.5 Å². The topological polar surface area (TPSA) is 109 Å². The SMILES string of the molecule is CC(C)S(=O)(=O)N1CCN2c3cc(OCc4ccc(F)c(C#N)c4)nc(=O)n3CC2C1. The van der Waals surface area contributed by atoms with Gasteiger partial charge in [-0.15, -0.1) is 0 Å². The average molecular weight is 447 g/mol. The molecule has 1 fully saturated rings. The number of hydrogen-bond acceptors (Lipinski definition) is 7. The number of halogens is 1. The lowest BCUT2D eigenvalue weighted by Crippen LogP contribution is -2.54. The maximum atomic E-state index is 13.5. The van der Waals surface area contributed by atoms with Crippen LogP contribution in [0, 0.1) is 17.1 Å². The first-order valence-electron chi connectivity index (χ1n) is 9.89. The molecule has 0 spiro atoms. The summed E-state index contributed by atoms with van der Waals surface area (Å²) in [6.07, 6.45) is 0. The maximum Gasteiger partial charge on any atom is 0.352 e. The number of hydrogen-bond donors (Lipinski definition) is 0. The van der Waals surface area contributed by atoms with Crippen LogP contribution in [0.25, 0.3) is 0 Å². The maximum absolute atomic E-state index is 13.5. The molecule has 164 valence electrons. The highest BCUT2D eigenvalue weighted by atomic mass is 32.2. The lowest BCUT2D eigenvalue weighted by atomic mass is 10.1. The summed E-state index contributed by atoms with van der Waals surface area (Å²) in [5.74, 6) is 0.153. The van der Waals surface area contributed by atoms with E-state index in [0.29, 0.717) is 37.6 Å². The molecule has 1 atom stereocenters. The van der Waals surface area contributed by atoms with Crippen LogP contribution in [0.2, 0.25) is 0 Å². The van der Waals surface area contributed by atoms with Gasteiger partial charge in [0.05, 0.1) is 23.4 Å². The predicted octanol–water partition coefficient (Wildman–Crippen LogP) is 1.08. The van der Waals surface area contributed by atoms with E-state index in [9.17, 15) is 17.6 Å². The number of fused-ring (bicyclic) bond motifs is 3. The van der Waals surface area contributed by atoms with Crippen molar-refractivity contribution < 1.29 is 17.5 Å². The molecular weight excluding hydrogens is 425 g/mol. The fourth-order valence-corrected chi connectivity index (χ4v) is 5.20. The molecule has 0 radical (unpaired) electrons. The van der Waals surface area contributed by atoms with E-state index >= 15 is 0 Å². The van der Waals surface area contributed by atoms with Crippen molar-refractivity contribution in [1.29, 1.82) is 5.26 Å². The Labute approximate surface area is 179 Å². The Kier molecular flexibility index (Phi) is 5.45. The molecule has 31 heavy (non-hydrogen) atoms. The number of ether oxygens (including phenoxy) is 1. The second kappa shape index (κ2) is 7.94. The fourth-order valence-electron chi connectivity index (χ4n) is 3.89. The summed E-state index contributed by atoms with van der Waals surface area (Å²) in [5, 5.41) is 8.45. The van der Waals surface area contributed by atoms with Crippen molar-refractivity contribution >= 4 is 15.8 Å². The van der Waals surface area contributed by atoms with E-state index in [-0.39, 0.29) is 24.1 Å². The van der Waals surface area contributed by atoms with Gasteiger partial charge in [-0.1, -0.05) is 6.07 Å². The van der Waals surface area contributed by atoms with Gasteiger partial charge >= 0.3 is 5.69 Å². The lowest BCUT2D eigenvalue weighted by molar-refractivity contribution is 0.291. The first kappa shape index (κ1) is 21.3. The van der Waals surface area contributed by atoms with E-state index in [0.717, 1.165) is 0 Å². The van der Waals surface area contributed by atoms with Crippen LogP contribution in [0.5, 0.6) is 5.88 Å². The summed E-state index contributed by atoms with van der Waals surface area (Å²) in [6, 6.07) is 7.36. The first-order valence-corrected chi connectivity index (χ1v) is 11.4. The minimum Gasteiger partial charge on any atom is -0.473 e. The summed E-state index contributed by atoms with van der Waals surface area (Å²) in [5.41, 5.74) is 0.0165. The molecule has 1 saturated heterocycles. The zero-order chi connectivity index (χ0) is 22.3. The molecule has 0 bridgehead atoms. The van der Waals surface area contributed by atoms with Gasteiger partial charge < -0.3 is 9.64 Å². The molecule has 3 heterocycles. The molecule has 1 aromatic heterocycles. The fraction of sp³-hybridized carbons (Fsp3) is 0.450. The zero-order valence-electron chi connectivity index (χ0n) is 17.2. The Bertz CT molecular complexity index is 1220. The molecule has 11 heteroatoms. The van der Waals surface area contributed by atoms with Crippen LogP contribution in [-0.2, 0) is 23.2 Å². The van der Waals surface area contributed by atoms with Gasteiger partial charge in [0.25, 0.3) is 0 Å². The molecule has 2 aliphatic rings. The number of piperazine rings is 1. The minimum atomic E-state index is -3.36. The van der Waals surface area contributed by atoms with Crippen LogP contribution in [0.3, 0.4) is 0 Å². The zero-order valence-corrected chi connectivity index (χ0v) is 18.0. The third kappa shape index (κ3) is 3.88. The Morgan fingerprint density at radius 1 is 1.29 bits per heavy atom. The van der Waals surface area contributed by atoms with Gasteiger partial charge in [0.2, 0.25) is 15.9 Å². The largest absolute Gasteiger partial charge is 0.473 e. The summed E-state index contributed by atoms with van der Waals surface area (Å²) < 4.78 is 47.2. The molecule has 2 aromatic rings. The molecule has 0 saturated carbocycles. The average Bonchev–Trinajstić information content (AvgIpc) is 3.11. The highest BCUT2D eigenvalue weighted by molar-refractivity contribution is 7.89. The quantitative estimate of drug-likeness (QED) is 0.675. The van der Waals surface area contributed by atoms with E-state index in [1.54, 1.807) is 26.0 Å². The number of anilines is 1. The molecule has 0 aliphatic carbocycles. The van der Waals surface area contributed by atoms with Crippen LogP contribution in [-0.4, -0.2) is 53.2 Å². The van der Waals surface area contributed by atoms with Crippen molar-refractivity contribution in [3.8, 4) is 11.9 Å². The van der Waals surface area contributed by atoms with Gasteiger partial charge in [0.1, 0.15) is 24.3 Å². The summed E-state index contributed by atoms with van der Waals surface area (Å²) in [7, 11) is -3.36. The van der Waals surface area contributed by atoms with E-state index in [2.05, 4.69) is 4.98 Å². The summed E-state index contributed by atoms with van der Waals surface area (Å²) in [4.78, 5) is 18.5. The molecule has 0 N–H and O–H groups in total. The number of benzene rings is 1.